The molecule has 9 heteroatoms. The number of benzene rings is 1. The van der Waals surface area contributed by atoms with Gasteiger partial charge in [-0.2, -0.15) is 0 Å². The zero-order valence-corrected chi connectivity index (χ0v) is 18.6. The van der Waals surface area contributed by atoms with Crippen LogP contribution in [0.5, 0.6) is 5.75 Å². The van der Waals surface area contributed by atoms with Gasteiger partial charge >= 0.3 is 0 Å². The van der Waals surface area contributed by atoms with Gasteiger partial charge in [0.1, 0.15) is 12.4 Å². The van der Waals surface area contributed by atoms with E-state index in [1.54, 1.807) is 30.8 Å². The summed E-state index contributed by atoms with van der Waals surface area (Å²) in [4.78, 5) is 21.9. The molecule has 146 valence electrons. The lowest BCUT2D eigenvalue weighted by Crippen LogP contribution is -2.49. The van der Waals surface area contributed by atoms with Gasteiger partial charge in [0.05, 0.1) is 22.3 Å². The van der Waals surface area contributed by atoms with Crippen LogP contribution in [0.1, 0.15) is 20.8 Å². The van der Waals surface area contributed by atoms with E-state index in [-0.39, 0.29) is 5.91 Å². The molecule has 0 saturated carbocycles. The maximum absolute atomic E-state index is 12.6. The average Bonchev–Trinajstić information content (AvgIpc) is 2.58. The van der Waals surface area contributed by atoms with E-state index in [0.717, 1.165) is 9.86 Å². The average molecular weight is 475 g/mol. The fourth-order valence-electron chi connectivity index (χ4n) is 2.21. The summed E-state index contributed by atoms with van der Waals surface area (Å²) >= 11 is 11.0. The number of oxime groups is 1. The van der Waals surface area contributed by atoms with Gasteiger partial charge in [-0.1, -0.05) is 16.8 Å². The van der Waals surface area contributed by atoms with Crippen molar-refractivity contribution in [1.82, 2.24) is 10.3 Å². The summed E-state index contributed by atoms with van der Waals surface area (Å²) in [6.45, 7) is 5.94. The van der Waals surface area contributed by atoms with Gasteiger partial charge < -0.3 is 14.9 Å². The number of nitrogens with zero attached hydrogens (tertiary/aromatic N) is 2. The first-order valence-corrected chi connectivity index (χ1v) is 10.6. The van der Waals surface area contributed by atoms with E-state index in [2.05, 4.69) is 31.4 Å². The van der Waals surface area contributed by atoms with E-state index in [4.69, 9.17) is 21.2 Å². The van der Waals surface area contributed by atoms with Gasteiger partial charge in [-0.25, -0.2) is 0 Å². The van der Waals surface area contributed by atoms with Gasteiger partial charge in [-0.05, 0) is 55.1 Å². The van der Waals surface area contributed by atoms with Crippen molar-refractivity contribution >= 4 is 62.3 Å². The minimum absolute atomic E-state index is 0.279. The summed E-state index contributed by atoms with van der Waals surface area (Å²) in [6, 6.07) is 5.35. The van der Waals surface area contributed by atoms with Crippen molar-refractivity contribution < 1.29 is 14.4 Å². The number of amides is 1. The largest absolute Gasteiger partial charge is 0.470 e. The van der Waals surface area contributed by atoms with Gasteiger partial charge in [0.25, 0.3) is 5.91 Å². The van der Waals surface area contributed by atoms with E-state index in [1.807, 2.05) is 26.8 Å². The van der Waals surface area contributed by atoms with Gasteiger partial charge in [0, 0.05) is 22.1 Å². The molecule has 1 unspecified atom stereocenters. The molecule has 0 bridgehead atoms. The molecule has 1 atom stereocenters. The van der Waals surface area contributed by atoms with Crippen molar-refractivity contribution in [2.24, 2.45) is 5.16 Å². The number of pyridine rings is 1. The molecule has 1 N–H and O–H groups in total. The number of halogens is 2. The number of carbonyl (C=O) groups is 1. The highest BCUT2D eigenvalue weighted by atomic mass is 79.9. The van der Waals surface area contributed by atoms with Crippen LogP contribution in [0.4, 0.5) is 0 Å². The lowest BCUT2D eigenvalue weighted by atomic mass is 10.1. The van der Waals surface area contributed by atoms with Gasteiger partial charge in [-0.3, -0.25) is 9.78 Å². The van der Waals surface area contributed by atoms with Crippen LogP contribution in [0.25, 0.3) is 10.9 Å². The van der Waals surface area contributed by atoms with E-state index in [0.29, 0.717) is 22.9 Å². The number of fused-ring (bicyclic) bond motifs is 1. The van der Waals surface area contributed by atoms with Crippen LogP contribution >= 0.6 is 39.3 Å². The third-order valence-corrected chi connectivity index (χ3v) is 4.83. The Morgan fingerprint density at radius 2 is 2.22 bits per heavy atom. The van der Waals surface area contributed by atoms with Crippen LogP contribution in [-0.2, 0) is 9.63 Å². The monoisotopic (exact) mass is 473 g/mol. The predicted molar refractivity (Wildman–Crippen MR) is 115 cm³/mol. The molecule has 27 heavy (non-hydrogen) atoms. The molecular weight excluding hydrogens is 454 g/mol. The Labute approximate surface area is 176 Å². The lowest BCUT2D eigenvalue weighted by Gasteiger charge is -2.24. The van der Waals surface area contributed by atoms with Crippen molar-refractivity contribution in [1.29, 1.82) is 0 Å². The number of nitrogens with one attached hydrogen (secondary N) is 1. The molecule has 0 spiro atoms. The molecule has 1 heterocycles. The topological polar surface area (TPSA) is 72.8 Å². The van der Waals surface area contributed by atoms with Crippen LogP contribution in [0.2, 0.25) is 5.02 Å². The lowest BCUT2D eigenvalue weighted by molar-refractivity contribution is -0.125. The molecule has 0 aliphatic carbocycles. The molecular formula is C18H21BrClN3O3S. The SMILES string of the molecule is CCO/N=C\C(C)(C)NC(=O)C(Oc1cc(Cl)c2ncc(Br)cc2c1)SC. The minimum atomic E-state index is -0.751. The van der Waals surface area contributed by atoms with Crippen LogP contribution < -0.4 is 10.1 Å². The Bertz CT molecular complexity index is 848. The molecule has 1 aromatic carbocycles. The Morgan fingerprint density at radius 3 is 2.89 bits per heavy atom. The number of aromatic nitrogens is 1. The smallest absolute Gasteiger partial charge is 0.272 e. The molecule has 0 aliphatic heterocycles. The molecule has 0 aliphatic rings. The summed E-state index contributed by atoms with van der Waals surface area (Å²) < 4.78 is 6.70. The second-order valence-electron chi connectivity index (χ2n) is 6.18. The predicted octanol–water partition coefficient (Wildman–Crippen LogP) is 4.64. The Kier molecular flexibility index (Phi) is 7.76. The molecule has 0 radical (unpaired) electrons. The highest BCUT2D eigenvalue weighted by Gasteiger charge is 2.26. The van der Waals surface area contributed by atoms with Crippen molar-refractivity contribution in [2.45, 2.75) is 31.7 Å². The Balaban J connectivity index is 2.16. The fourth-order valence-corrected chi connectivity index (χ4v) is 3.30. The number of carbonyl (C=O) groups excluding carboxylic acids is 1. The van der Waals surface area contributed by atoms with E-state index >= 15 is 0 Å². The molecule has 2 rings (SSSR count). The maximum atomic E-state index is 12.6. The summed E-state index contributed by atoms with van der Waals surface area (Å²) in [5.41, 5.74) is -0.761. The second-order valence-corrected chi connectivity index (χ2v) is 8.40. The van der Waals surface area contributed by atoms with Crippen molar-refractivity contribution in [3.63, 3.8) is 0 Å². The zero-order valence-electron chi connectivity index (χ0n) is 15.5. The van der Waals surface area contributed by atoms with Crippen molar-refractivity contribution in [2.75, 3.05) is 12.9 Å². The first-order chi connectivity index (χ1) is 12.8. The fraction of sp³-hybridized carbons (Fsp3) is 0.389. The second kappa shape index (κ2) is 9.61. The van der Waals surface area contributed by atoms with E-state index < -0.39 is 11.0 Å². The highest BCUT2D eigenvalue weighted by Crippen LogP contribution is 2.30. The maximum Gasteiger partial charge on any atom is 0.272 e. The molecule has 0 fully saturated rings. The number of hydrogen-bond donors (Lipinski definition) is 1. The van der Waals surface area contributed by atoms with Crippen LogP contribution in [0.15, 0.2) is 34.0 Å². The number of rotatable bonds is 8. The number of hydrogen-bond acceptors (Lipinski definition) is 6. The highest BCUT2D eigenvalue weighted by molar-refractivity contribution is 9.10. The first-order valence-electron chi connectivity index (χ1n) is 8.18. The van der Waals surface area contributed by atoms with E-state index in [9.17, 15) is 4.79 Å². The summed E-state index contributed by atoms with van der Waals surface area (Å²) in [5, 5.41) is 7.98. The van der Waals surface area contributed by atoms with Crippen LogP contribution in [-0.4, -0.2) is 40.9 Å². The molecule has 1 aromatic heterocycles. The number of thioether (sulfide) groups is 1. The minimum Gasteiger partial charge on any atom is -0.470 e. The first kappa shape index (κ1) is 21.8. The van der Waals surface area contributed by atoms with Gasteiger partial charge in [0.2, 0.25) is 5.44 Å². The van der Waals surface area contributed by atoms with Crippen molar-refractivity contribution in [3.8, 4) is 5.75 Å². The normalized spacial score (nSPS) is 13.0. The molecule has 2 aromatic rings. The van der Waals surface area contributed by atoms with Gasteiger partial charge in [0.15, 0.2) is 0 Å². The quantitative estimate of drug-likeness (QED) is 0.343. The zero-order chi connectivity index (χ0) is 20.0. The Morgan fingerprint density at radius 1 is 1.48 bits per heavy atom. The Hall–Kier alpha value is -1.51. The molecule has 0 saturated heterocycles. The summed E-state index contributed by atoms with van der Waals surface area (Å²) in [6.07, 6.45) is 5.02. The van der Waals surface area contributed by atoms with Crippen molar-refractivity contribution in [3.05, 3.63) is 33.9 Å². The van der Waals surface area contributed by atoms with Crippen LogP contribution in [0.3, 0.4) is 0 Å². The third-order valence-electron chi connectivity index (χ3n) is 3.37. The molecule has 1 amide bonds. The van der Waals surface area contributed by atoms with Crippen LogP contribution in [0, 0.1) is 0 Å². The summed E-state index contributed by atoms with van der Waals surface area (Å²) in [5.74, 6) is 0.210. The van der Waals surface area contributed by atoms with Gasteiger partial charge in [-0.15, -0.1) is 11.8 Å². The summed E-state index contributed by atoms with van der Waals surface area (Å²) in [7, 11) is 0. The third kappa shape index (κ3) is 6.26. The number of ether oxygens (including phenoxy) is 1. The van der Waals surface area contributed by atoms with E-state index in [1.165, 1.54) is 11.8 Å². The standard InChI is InChI=1S/C18H21BrClN3O3S/c1-5-25-22-10-18(2,3)23-16(24)17(27-4)26-13-7-11-6-12(19)9-21-15(11)14(20)8-13/h6-10,17H,5H2,1-4H3,(H,23,24)/b22-10-. The molecule has 6 nitrogen and oxygen atoms in total.